The molecule has 6 heteroatoms. The Morgan fingerprint density at radius 2 is 1.44 bits per heavy atom. The lowest BCUT2D eigenvalue weighted by molar-refractivity contribution is -0.149. The van der Waals surface area contributed by atoms with Gasteiger partial charge < -0.3 is 24.4 Å². The van der Waals surface area contributed by atoms with Crippen molar-refractivity contribution in [3.63, 3.8) is 0 Å². The largest absolute Gasteiger partial charge is 0.505 e. The first kappa shape index (κ1) is 25.7. The van der Waals surface area contributed by atoms with Crippen LogP contribution in [0.1, 0.15) is 58.3 Å². The summed E-state index contributed by atoms with van der Waals surface area (Å²) in [5.41, 5.74) is 0. The fourth-order valence-electron chi connectivity index (χ4n) is 3.28. The number of carbonyl (C=O) groups is 1. The molecule has 1 saturated heterocycles. The summed E-state index contributed by atoms with van der Waals surface area (Å²) in [6.07, 6.45) is 27.3. The number of aliphatic hydroxyl groups is 2. The Hall–Kier alpha value is -2.57. The van der Waals surface area contributed by atoms with Crippen LogP contribution in [0.15, 0.2) is 72.3 Å². The summed E-state index contributed by atoms with van der Waals surface area (Å²) < 4.78 is 16.1. The number of carbonyl (C=O) groups excluding carboxylic acids is 1. The highest BCUT2D eigenvalue weighted by Crippen LogP contribution is 2.28. The van der Waals surface area contributed by atoms with E-state index in [9.17, 15) is 15.0 Å². The molecular weight excluding hydrogens is 408 g/mol. The minimum Gasteiger partial charge on any atom is -0.505 e. The van der Waals surface area contributed by atoms with E-state index in [4.69, 9.17) is 14.2 Å². The van der Waals surface area contributed by atoms with E-state index in [1.54, 1.807) is 0 Å². The van der Waals surface area contributed by atoms with Crippen LogP contribution in [-0.4, -0.2) is 41.3 Å². The molecule has 176 valence electrons. The lowest BCUT2D eigenvalue weighted by Gasteiger charge is -2.16. The van der Waals surface area contributed by atoms with Crippen LogP contribution in [0.2, 0.25) is 0 Å². The number of aliphatic hydroxyl groups excluding tert-OH is 2. The van der Waals surface area contributed by atoms with E-state index in [2.05, 4.69) is 67.7 Å². The Morgan fingerprint density at radius 3 is 1.97 bits per heavy atom. The lowest BCUT2D eigenvalue weighted by atomic mass is 10.2. The van der Waals surface area contributed by atoms with Gasteiger partial charge in [0.2, 0.25) is 5.76 Å². The van der Waals surface area contributed by atoms with Crippen LogP contribution in [0, 0.1) is 0 Å². The van der Waals surface area contributed by atoms with Crippen molar-refractivity contribution >= 4 is 5.97 Å². The smallest absolute Gasteiger partial charge is 0.377 e. The molecule has 0 aromatic rings. The molecule has 6 nitrogen and oxygen atoms in total. The molecule has 2 rings (SSSR count). The molecule has 0 radical (unpaired) electrons. The van der Waals surface area contributed by atoms with Crippen LogP contribution >= 0.6 is 0 Å². The van der Waals surface area contributed by atoms with Gasteiger partial charge in [0, 0.05) is 0 Å². The summed E-state index contributed by atoms with van der Waals surface area (Å²) in [6, 6.07) is 0. The maximum Gasteiger partial charge on any atom is 0.377 e. The molecule has 2 heterocycles. The number of hydrogen-bond donors (Lipinski definition) is 2. The van der Waals surface area contributed by atoms with Gasteiger partial charge in [-0.15, -0.1) is 0 Å². The second-order valence-corrected chi connectivity index (χ2v) is 7.64. The third kappa shape index (κ3) is 9.28. The van der Waals surface area contributed by atoms with Crippen molar-refractivity contribution in [2.45, 2.75) is 76.8 Å². The van der Waals surface area contributed by atoms with Crippen molar-refractivity contribution < 1.29 is 29.2 Å². The number of hydrogen-bond acceptors (Lipinski definition) is 6. The topological polar surface area (TPSA) is 85.2 Å². The number of unbranched alkanes of at least 4 members (excludes halogenated alkanes) is 1. The highest BCUT2D eigenvalue weighted by atomic mass is 16.7. The van der Waals surface area contributed by atoms with Crippen LogP contribution in [-0.2, 0) is 19.0 Å². The summed E-state index contributed by atoms with van der Waals surface area (Å²) in [4.78, 5) is 11.3. The average molecular weight is 445 g/mol. The van der Waals surface area contributed by atoms with Gasteiger partial charge in [0.15, 0.2) is 18.2 Å². The average Bonchev–Trinajstić information content (AvgIpc) is 3.36. The minimum atomic E-state index is -0.988. The molecule has 2 aliphatic rings. The molecule has 0 aliphatic carbocycles. The zero-order chi connectivity index (χ0) is 23.0. The second kappa shape index (κ2) is 15.3. The van der Waals surface area contributed by atoms with Gasteiger partial charge in [0.05, 0.1) is 6.61 Å². The molecule has 0 aromatic heterocycles. The number of ether oxygens (including phenoxy) is 3. The van der Waals surface area contributed by atoms with Gasteiger partial charge in [-0.1, -0.05) is 67.7 Å². The molecule has 0 aromatic carbocycles. The quantitative estimate of drug-likeness (QED) is 0.197. The van der Waals surface area contributed by atoms with Crippen LogP contribution in [0.3, 0.4) is 0 Å². The Balaban J connectivity index is 1.47. The molecule has 1 fully saturated rings. The van der Waals surface area contributed by atoms with Crippen molar-refractivity contribution in [3.05, 3.63) is 72.3 Å². The number of rotatable bonds is 14. The van der Waals surface area contributed by atoms with Crippen LogP contribution in [0.25, 0.3) is 0 Å². The van der Waals surface area contributed by atoms with E-state index in [0.29, 0.717) is 6.42 Å². The van der Waals surface area contributed by atoms with Crippen molar-refractivity contribution in [1.82, 2.24) is 0 Å². The number of cyclic esters (lactones) is 1. The van der Waals surface area contributed by atoms with Crippen LogP contribution in [0.5, 0.6) is 0 Å². The van der Waals surface area contributed by atoms with Crippen molar-refractivity contribution in [1.29, 1.82) is 0 Å². The summed E-state index contributed by atoms with van der Waals surface area (Å²) in [7, 11) is 0. The summed E-state index contributed by atoms with van der Waals surface area (Å²) >= 11 is 0. The fourth-order valence-corrected chi connectivity index (χ4v) is 3.28. The van der Waals surface area contributed by atoms with E-state index < -0.39 is 36.0 Å². The van der Waals surface area contributed by atoms with Gasteiger partial charge in [0.1, 0.15) is 6.10 Å². The van der Waals surface area contributed by atoms with E-state index >= 15 is 0 Å². The molecule has 32 heavy (non-hydrogen) atoms. The predicted molar refractivity (Wildman–Crippen MR) is 125 cm³/mol. The Bertz CT molecular complexity index is 743. The van der Waals surface area contributed by atoms with Crippen molar-refractivity contribution in [2.75, 3.05) is 6.61 Å². The number of esters is 1. The van der Waals surface area contributed by atoms with Gasteiger partial charge in [-0.05, 0) is 51.4 Å². The first-order valence-corrected chi connectivity index (χ1v) is 11.5. The standard InChI is InChI=1S/C26H36O6/c1-2-3-4-5-6-7-8-9-10-11-12-13-14-15-16-17-18-19-22-30-20-21(31-22)25-23(27)24(28)26(29)32-25/h3-4,6-7,9-10,12-13,15-16,21-22,25,27-28H,2,5,8,11,14,17-20H2,1H3/b4-3-,7-6-,10-9-,13-12-,16-15-/t21?,22?,25-/m1/s1. The zero-order valence-electron chi connectivity index (χ0n) is 18.9. The highest BCUT2D eigenvalue weighted by Gasteiger charge is 2.44. The predicted octanol–water partition coefficient (Wildman–Crippen LogP) is 5.90. The first-order chi connectivity index (χ1) is 15.6. The maximum atomic E-state index is 11.3. The van der Waals surface area contributed by atoms with Crippen LogP contribution < -0.4 is 0 Å². The van der Waals surface area contributed by atoms with Crippen molar-refractivity contribution in [2.24, 2.45) is 0 Å². The molecule has 2 N–H and O–H groups in total. The summed E-state index contributed by atoms with van der Waals surface area (Å²) in [5, 5.41) is 19.1. The fraction of sp³-hybridized carbons (Fsp3) is 0.500. The highest BCUT2D eigenvalue weighted by molar-refractivity contribution is 5.89. The Labute approximate surface area is 191 Å². The normalized spacial score (nSPS) is 24.5. The lowest BCUT2D eigenvalue weighted by Crippen LogP contribution is -2.31. The maximum absolute atomic E-state index is 11.3. The third-order valence-corrected chi connectivity index (χ3v) is 5.02. The van der Waals surface area contributed by atoms with Gasteiger partial charge in [-0.2, -0.15) is 0 Å². The van der Waals surface area contributed by atoms with Gasteiger partial charge in [-0.3, -0.25) is 0 Å². The second-order valence-electron chi connectivity index (χ2n) is 7.64. The van der Waals surface area contributed by atoms with Crippen molar-refractivity contribution in [3.8, 4) is 0 Å². The van der Waals surface area contributed by atoms with E-state index in [0.717, 1.165) is 44.9 Å². The summed E-state index contributed by atoms with van der Waals surface area (Å²) in [5.74, 6) is -2.17. The molecule has 0 spiro atoms. The van der Waals surface area contributed by atoms with E-state index in [-0.39, 0.29) is 6.61 Å². The van der Waals surface area contributed by atoms with Crippen LogP contribution in [0.4, 0.5) is 0 Å². The molecule has 0 bridgehead atoms. The third-order valence-electron chi connectivity index (χ3n) is 5.02. The summed E-state index contributed by atoms with van der Waals surface area (Å²) in [6.45, 7) is 2.35. The Kier molecular flexibility index (Phi) is 12.3. The first-order valence-electron chi connectivity index (χ1n) is 11.5. The monoisotopic (exact) mass is 444 g/mol. The van der Waals surface area contributed by atoms with Gasteiger partial charge in [0.25, 0.3) is 0 Å². The Morgan fingerprint density at radius 1 is 0.875 bits per heavy atom. The number of allylic oxidation sites excluding steroid dienone is 10. The van der Waals surface area contributed by atoms with Gasteiger partial charge >= 0.3 is 5.97 Å². The molecule has 2 aliphatic heterocycles. The van der Waals surface area contributed by atoms with Gasteiger partial charge in [-0.25, -0.2) is 4.79 Å². The molecule has 2 unspecified atom stereocenters. The van der Waals surface area contributed by atoms with E-state index in [1.807, 2.05) is 0 Å². The molecule has 0 saturated carbocycles. The molecular formula is C26H36O6. The van der Waals surface area contributed by atoms with E-state index in [1.165, 1.54) is 0 Å². The molecule has 3 atom stereocenters. The zero-order valence-corrected chi connectivity index (χ0v) is 18.9. The SMILES string of the molecule is CC/C=C\C/C=C\C/C=C\C/C=C\C/C=C\CCCC1OCC([C@H]2OC(=O)C(O)=C2O)O1. The minimum absolute atomic E-state index is 0.210. The molecule has 0 amide bonds.